The van der Waals surface area contributed by atoms with Crippen LogP contribution in [0.5, 0.6) is 0 Å². The fourth-order valence-corrected chi connectivity index (χ4v) is 13.9. The Morgan fingerprint density at radius 3 is 1.81 bits per heavy atom. The first kappa shape index (κ1) is 62.2. The third-order valence-electron chi connectivity index (χ3n) is 17.2. The molecule has 11 aromatic carbocycles. The molecular weight excluding hydrogens is 1150 g/mol. The maximum Gasteiger partial charge on any atom is 0.135 e. The lowest BCUT2D eigenvalue weighted by molar-refractivity contribution is 0.669. The third-order valence-corrected chi connectivity index (χ3v) is 18.3. The molecule has 3 aromatic heterocycles. The van der Waals surface area contributed by atoms with Gasteiger partial charge in [-0.3, -0.25) is 0 Å². The second-order valence-electron chi connectivity index (χ2n) is 22.8. The summed E-state index contributed by atoms with van der Waals surface area (Å²) in [7, 11) is 2.14. The van der Waals surface area contributed by atoms with Gasteiger partial charge in [-0.15, -0.1) is 11.3 Å². The van der Waals surface area contributed by atoms with E-state index in [-0.39, 0.29) is 0 Å². The number of rotatable bonds is 11. The Hall–Kier alpha value is -11.0. The van der Waals surface area contributed by atoms with Crippen LogP contribution in [0.1, 0.15) is 59.5 Å². The van der Waals surface area contributed by atoms with Crippen molar-refractivity contribution in [2.45, 2.75) is 46.5 Å². The van der Waals surface area contributed by atoms with E-state index in [1.165, 1.54) is 88.7 Å². The van der Waals surface area contributed by atoms with Gasteiger partial charge in [-0.25, -0.2) is 0 Å². The fourth-order valence-electron chi connectivity index (χ4n) is 12.7. The minimum absolute atomic E-state index is 0.867. The van der Waals surface area contributed by atoms with Gasteiger partial charge in [0.1, 0.15) is 11.2 Å². The lowest BCUT2D eigenvalue weighted by Crippen LogP contribution is -2.17. The number of thiophene rings is 1. The molecule has 14 aromatic rings. The van der Waals surface area contributed by atoms with Crippen LogP contribution in [-0.4, -0.2) is 11.6 Å². The molecule has 2 aliphatic carbocycles. The molecule has 0 saturated carbocycles. The number of furan rings is 1. The Morgan fingerprint density at radius 2 is 1.05 bits per heavy atom. The van der Waals surface area contributed by atoms with Crippen molar-refractivity contribution in [1.82, 2.24) is 4.57 Å². The van der Waals surface area contributed by atoms with Crippen molar-refractivity contribution in [2.24, 2.45) is 0 Å². The summed E-state index contributed by atoms with van der Waals surface area (Å²) in [5, 5.41) is 7.44. The highest BCUT2D eigenvalue weighted by Crippen LogP contribution is 2.43. The molecule has 0 aliphatic heterocycles. The molecule has 16 rings (SSSR count). The van der Waals surface area contributed by atoms with Crippen molar-refractivity contribution >= 4 is 106 Å². The van der Waals surface area contributed by atoms with Gasteiger partial charge < -0.3 is 18.8 Å². The smallest absolute Gasteiger partial charge is 0.135 e. The second kappa shape index (κ2) is 29.3. The van der Waals surface area contributed by atoms with Gasteiger partial charge in [0, 0.05) is 72.5 Å². The number of allylic oxidation sites excluding steroid dienone is 6. The molecule has 0 amide bonds. The predicted octanol–water partition coefficient (Wildman–Crippen LogP) is 25.3. The highest BCUT2D eigenvalue weighted by atomic mass is 32.1. The maximum atomic E-state index is 6.49. The number of benzene rings is 11. The number of aryl methyl sites for hydroxylation is 3. The molecule has 0 saturated heterocycles. The van der Waals surface area contributed by atoms with Crippen molar-refractivity contribution in [2.75, 3.05) is 16.8 Å². The quantitative estimate of drug-likeness (QED) is 0.121. The monoisotopic (exact) mass is 1220 g/mol. The van der Waals surface area contributed by atoms with E-state index in [9.17, 15) is 0 Å². The van der Waals surface area contributed by atoms with E-state index < -0.39 is 0 Å². The molecule has 0 spiro atoms. The number of para-hydroxylation sites is 1. The summed E-state index contributed by atoms with van der Waals surface area (Å²) >= 11 is 1.91. The standard InChI is InChI=1S/C64H49N3O.C12H10S.C6H6.C4H6.C2H6/c1-4-16-60(53-24-10-8-17-43(53)2)66(49-33-29-45(30-34-49)55-27-14-19-44-18-9-11-25-54(44)55)52-23-15-22-50(41-52)65(3)51-35-38-64-59(42-51)58-39-46(32-37-63(58)68-64)47-31-36-57-56-26-12-13-28-61(56)67(62(57)40-47)48-20-6-5-7-21-48;1-3-7-11-9(5-1)10-6-2-4-8-12(10)13-11;1-2-4-6-5-3-1;1-3-4-2;1-2/h4-11,13-25,27-42H,1,12,26H2,2-3H3;1,3-5,7-8H,2,6H2;1-6H;3-4H,1-2H2;1-2H3/b60-16+;;;;. The highest BCUT2D eigenvalue weighted by molar-refractivity contribution is 7.20. The van der Waals surface area contributed by atoms with Crippen LogP contribution in [-0.2, 0) is 12.8 Å². The topological polar surface area (TPSA) is 24.6 Å². The van der Waals surface area contributed by atoms with Gasteiger partial charge >= 0.3 is 0 Å². The largest absolute Gasteiger partial charge is 0.456 e. The molecule has 0 bridgehead atoms. The summed E-state index contributed by atoms with van der Waals surface area (Å²) in [4.78, 5) is 6.08. The number of hydrogen-bond donors (Lipinski definition) is 0. The van der Waals surface area contributed by atoms with Gasteiger partial charge in [-0.2, -0.15) is 0 Å². The summed E-state index contributed by atoms with van der Waals surface area (Å²) in [6, 6.07) is 93.0. The molecule has 0 unspecified atom stereocenters. The first-order valence-electron chi connectivity index (χ1n) is 32.2. The number of fused-ring (bicyclic) bond motifs is 10. The van der Waals surface area contributed by atoms with Crippen LogP contribution in [0, 0.1) is 6.92 Å². The van der Waals surface area contributed by atoms with Crippen LogP contribution < -0.4 is 9.80 Å². The molecule has 5 heteroatoms. The molecule has 2 aliphatic rings. The predicted molar refractivity (Wildman–Crippen MR) is 406 cm³/mol. The van der Waals surface area contributed by atoms with Crippen LogP contribution in [0.25, 0.3) is 99.5 Å². The van der Waals surface area contributed by atoms with E-state index in [0.717, 1.165) is 74.4 Å². The van der Waals surface area contributed by atoms with Crippen molar-refractivity contribution in [3.05, 3.63) is 350 Å². The summed E-state index contributed by atoms with van der Waals surface area (Å²) in [6.07, 6.45) is 21.0. The van der Waals surface area contributed by atoms with Gasteiger partial charge in [0.15, 0.2) is 0 Å². The Kier molecular flexibility index (Phi) is 19.6. The molecule has 0 N–H and O–H groups in total. The molecular formula is C88H77N3OS. The van der Waals surface area contributed by atoms with Gasteiger partial charge in [0.2, 0.25) is 0 Å². The number of nitrogens with zero attached hydrogens (tertiary/aromatic N) is 3. The van der Waals surface area contributed by atoms with Crippen molar-refractivity contribution in [3.63, 3.8) is 0 Å². The zero-order chi connectivity index (χ0) is 64.0. The summed E-state index contributed by atoms with van der Waals surface area (Å²) in [6.45, 7) is 17.1. The molecule has 93 heavy (non-hydrogen) atoms. The Bertz CT molecular complexity index is 5000. The molecule has 3 heterocycles. The van der Waals surface area contributed by atoms with Crippen LogP contribution in [0.15, 0.2) is 321 Å². The molecule has 456 valence electrons. The first-order chi connectivity index (χ1) is 45.9. The minimum atomic E-state index is 0.867. The van der Waals surface area contributed by atoms with Crippen molar-refractivity contribution in [1.29, 1.82) is 0 Å². The zero-order valence-electron chi connectivity index (χ0n) is 53.6. The lowest BCUT2D eigenvalue weighted by Gasteiger charge is -2.30. The van der Waals surface area contributed by atoms with E-state index in [1.807, 2.05) is 67.7 Å². The van der Waals surface area contributed by atoms with Crippen LogP contribution >= 0.6 is 11.3 Å². The highest BCUT2D eigenvalue weighted by Gasteiger charge is 2.22. The van der Waals surface area contributed by atoms with Crippen molar-refractivity contribution < 1.29 is 4.42 Å². The van der Waals surface area contributed by atoms with Gasteiger partial charge in [-0.05, 0) is 191 Å². The number of aromatic nitrogens is 1. The Morgan fingerprint density at radius 1 is 0.473 bits per heavy atom. The lowest BCUT2D eigenvalue weighted by atomic mass is 9.97. The summed E-state index contributed by atoms with van der Waals surface area (Å²) in [5.41, 5.74) is 20.7. The SMILES string of the molecule is C1=Cc2sc3ccccc3c2CC1.C=C/C=C(\c1ccccc1C)N(c1ccc(-c2cccc3ccccc23)cc1)c1cccc(N(C)c2ccc3oc4ccc(-c5ccc6c7c(n(-c8ccccc8)c6c5)C=CCC7)cc4c3c2)c1.C=CC=C.CC.c1ccccc1. The normalized spacial score (nSPS) is 12.0. The Balaban J connectivity index is 0.000000277. The van der Waals surface area contributed by atoms with E-state index in [4.69, 9.17) is 4.42 Å². The summed E-state index contributed by atoms with van der Waals surface area (Å²) < 4.78 is 10.3. The minimum Gasteiger partial charge on any atom is -0.456 e. The summed E-state index contributed by atoms with van der Waals surface area (Å²) in [5.74, 6) is 0. The Labute approximate surface area is 552 Å². The number of anilines is 4. The number of hydrogen-bond acceptors (Lipinski definition) is 4. The molecule has 0 atom stereocenters. The average Bonchev–Trinajstić information content (AvgIpc) is 1.65. The van der Waals surface area contributed by atoms with Gasteiger partial charge in [-0.1, -0.05) is 240 Å². The van der Waals surface area contributed by atoms with Crippen LogP contribution in [0.3, 0.4) is 0 Å². The van der Waals surface area contributed by atoms with Gasteiger partial charge in [0.25, 0.3) is 0 Å². The van der Waals surface area contributed by atoms with Gasteiger partial charge in [0.05, 0.1) is 11.2 Å². The van der Waals surface area contributed by atoms with Crippen LogP contribution in [0.4, 0.5) is 22.7 Å². The maximum absolute atomic E-state index is 6.49. The van der Waals surface area contributed by atoms with E-state index in [2.05, 4.69) is 303 Å². The third kappa shape index (κ3) is 13.3. The average molecular weight is 1220 g/mol. The molecule has 4 nitrogen and oxygen atoms in total. The van der Waals surface area contributed by atoms with Crippen LogP contribution in [0.2, 0.25) is 0 Å². The van der Waals surface area contributed by atoms with E-state index in [0.29, 0.717) is 0 Å². The molecule has 0 fully saturated rings. The first-order valence-corrected chi connectivity index (χ1v) is 33.1. The van der Waals surface area contributed by atoms with Crippen molar-refractivity contribution in [3.8, 4) is 27.9 Å². The van der Waals surface area contributed by atoms with E-state index >= 15 is 0 Å². The zero-order valence-corrected chi connectivity index (χ0v) is 54.4. The molecule has 0 radical (unpaired) electrons. The van der Waals surface area contributed by atoms with E-state index in [1.54, 1.807) is 17.7 Å². The second-order valence-corrected chi connectivity index (χ2v) is 23.9. The fraction of sp³-hybridized carbons (Fsp3) is 0.0909.